The molecule has 1 rings (SSSR count). The fourth-order valence-electron chi connectivity index (χ4n) is 3.90. The second kappa shape index (κ2) is 11.3. The summed E-state index contributed by atoms with van der Waals surface area (Å²) in [5.74, 6) is -1.10. The number of aliphatic carboxylic acids is 1. The van der Waals surface area contributed by atoms with E-state index in [4.69, 9.17) is 4.74 Å². The predicted octanol–water partition coefficient (Wildman–Crippen LogP) is 2.35. The molecule has 2 amide bonds. The Morgan fingerprint density at radius 2 is 1.93 bits per heavy atom. The number of hydrogen-bond donors (Lipinski definition) is 3. The van der Waals surface area contributed by atoms with E-state index in [9.17, 15) is 19.5 Å². The van der Waals surface area contributed by atoms with Crippen molar-refractivity contribution in [1.29, 1.82) is 0 Å². The molecular weight excluding hydrogens is 359 g/mol. The third-order valence-corrected chi connectivity index (χ3v) is 5.24. The second-order valence-corrected chi connectivity index (χ2v) is 8.91. The maximum atomic E-state index is 12.6. The van der Waals surface area contributed by atoms with Gasteiger partial charge in [0.05, 0.1) is 5.92 Å². The molecule has 160 valence electrons. The number of amides is 2. The van der Waals surface area contributed by atoms with E-state index in [1.54, 1.807) is 20.8 Å². The molecule has 3 N–H and O–H groups in total. The zero-order chi connectivity index (χ0) is 21.3. The lowest BCUT2D eigenvalue weighted by Crippen LogP contribution is -2.50. The number of carbonyl (C=O) groups is 3. The zero-order valence-corrected chi connectivity index (χ0v) is 18.0. The lowest BCUT2D eigenvalue weighted by Gasteiger charge is -2.34. The van der Waals surface area contributed by atoms with Gasteiger partial charge < -0.3 is 20.5 Å². The molecule has 0 aromatic heterocycles. The van der Waals surface area contributed by atoms with E-state index in [1.807, 2.05) is 6.92 Å². The molecule has 0 aromatic rings. The van der Waals surface area contributed by atoms with Crippen LogP contribution in [0.3, 0.4) is 0 Å². The Bertz CT molecular complexity index is 535. The largest absolute Gasteiger partial charge is 0.481 e. The van der Waals surface area contributed by atoms with Crippen molar-refractivity contribution in [2.24, 2.45) is 17.8 Å². The highest BCUT2D eigenvalue weighted by atomic mass is 16.6. The third kappa shape index (κ3) is 8.53. The highest BCUT2D eigenvalue weighted by Gasteiger charge is 2.35. The van der Waals surface area contributed by atoms with E-state index in [-0.39, 0.29) is 11.8 Å². The van der Waals surface area contributed by atoms with E-state index in [0.29, 0.717) is 25.3 Å². The van der Waals surface area contributed by atoms with Crippen LogP contribution in [0.15, 0.2) is 0 Å². The fourth-order valence-corrected chi connectivity index (χ4v) is 3.90. The van der Waals surface area contributed by atoms with Gasteiger partial charge in [-0.2, -0.15) is 0 Å². The fraction of sp³-hybridized carbons (Fsp3) is 0.850. The van der Waals surface area contributed by atoms with Crippen molar-refractivity contribution >= 4 is 25.8 Å². The number of carboxylic acid groups (broad SMARTS) is 1. The summed E-state index contributed by atoms with van der Waals surface area (Å²) in [5, 5.41) is 15.1. The third-order valence-electron chi connectivity index (χ3n) is 5.24. The Balaban J connectivity index is 2.62. The highest BCUT2D eigenvalue weighted by molar-refractivity contribution is 6.08. The standard InChI is InChI=1S/C20H37BN2O5/c1-5-6-16(23-19(27)28-20(2,3)4)17(24)22-12-14-8-7-13(9-10-21)11-15(14)18(25)26/h13-16H,5-12,21H2,1-4H3,(H,22,24)(H,23,27)(H,25,26)/t13-,14-,15-,16-/m0/s1. The van der Waals surface area contributed by atoms with Crippen LogP contribution in [0.25, 0.3) is 0 Å². The van der Waals surface area contributed by atoms with E-state index in [0.717, 1.165) is 32.0 Å². The van der Waals surface area contributed by atoms with Crippen LogP contribution in [-0.4, -0.2) is 49.1 Å². The summed E-state index contributed by atoms with van der Waals surface area (Å²) in [6.07, 6.45) is 5.22. The molecule has 0 heterocycles. The van der Waals surface area contributed by atoms with Gasteiger partial charge in [-0.1, -0.05) is 32.5 Å². The number of hydrogen-bond acceptors (Lipinski definition) is 4. The zero-order valence-electron chi connectivity index (χ0n) is 18.0. The van der Waals surface area contributed by atoms with Crippen LogP contribution in [0, 0.1) is 17.8 Å². The summed E-state index contributed by atoms with van der Waals surface area (Å²) in [6, 6.07) is -0.681. The van der Waals surface area contributed by atoms with Crippen molar-refractivity contribution in [3.63, 3.8) is 0 Å². The van der Waals surface area contributed by atoms with Gasteiger partial charge in [-0.3, -0.25) is 9.59 Å². The van der Waals surface area contributed by atoms with Crippen LogP contribution >= 0.6 is 0 Å². The predicted molar refractivity (Wildman–Crippen MR) is 111 cm³/mol. The first-order valence-corrected chi connectivity index (χ1v) is 10.6. The van der Waals surface area contributed by atoms with Gasteiger partial charge in [0.15, 0.2) is 0 Å². The second-order valence-electron chi connectivity index (χ2n) is 8.91. The first kappa shape index (κ1) is 24.3. The smallest absolute Gasteiger partial charge is 0.408 e. The first-order valence-electron chi connectivity index (χ1n) is 10.6. The van der Waals surface area contributed by atoms with Gasteiger partial charge >= 0.3 is 12.1 Å². The summed E-state index contributed by atoms with van der Waals surface area (Å²) in [4.78, 5) is 36.3. The summed E-state index contributed by atoms with van der Waals surface area (Å²) < 4.78 is 5.23. The van der Waals surface area contributed by atoms with Gasteiger partial charge in [-0.25, -0.2) is 4.79 Å². The van der Waals surface area contributed by atoms with E-state index in [1.165, 1.54) is 0 Å². The monoisotopic (exact) mass is 396 g/mol. The van der Waals surface area contributed by atoms with Crippen LogP contribution in [0.1, 0.15) is 66.2 Å². The molecule has 1 saturated carbocycles. The Morgan fingerprint density at radius 3 is 2.46 bits per heavy atom. The molecule has 28 heavy (non-hydrogen) atoms. The van der Waals surface area contributed by atoms with Gasteiger partial charge in [-0.15, -0.1) is 0 Å². The molecule has 0 unspecified atom stereocenters. The van der Waals surface area contributed by atoms with Crippen LogP contribution < -0.4 is 10.6 Å². The van der Waals surface area contributed by atoms with Crippen molar-refractivity contribution in [3.05, 3.63) is 0 Å². The molecule has 0 spiro atoms. The van der Waals surface area contributed by atoms with Crippen molar-refractivity contribution in [2.75, 3.05) is 6.54 Å². The summed E-state index contributed by atoms with van der Waals surface area (Å²) in [7, 11) is 2.12. The molecule has 0 radical (unpaired) electrons. The lowest BCUT2D eigenvalue weighted by molar-refractivity contribution is -0.146. The maximum absolute atomic E-state index is 12.6. The number of alkyl carbamates (subject to hydrolysis) is 1. The topological polar surface area (TPSA) is 105 Å². The molecule has 0 aliphatic heterocycles. The van der Waals surface area contributed by atoms with Crippen molar-refractivity contribution in [3.8, 4) is 0 Å². The molecule has 4 atom stereocenters. The van der Waals surface area contributed by atoms with Gasteiger partial charge in [0.25, 0.3) is 0 Å². The summed E-state index contributed by atoms with van der Waals surface area (Å²) in [6.45, 7) is 7.56. The molecule has 0 bridgehead atoms. The van der Waals surface area contributed by atoms with E-state index in [2.05, 4.69) is 18.5 Å². The molecule has 0 saturated heterocycles. The van der Waals surface area contributed by atoms with Crippen LogP contribution in [0.4, 0.5) is 4.79 Å². The van der Waals surface area contributed by atoms with Crippen molar-refractivity contribution in [2.45, 2.75) is 84.2 Å². The Kier molecular flexibility index (Phi) is 9.83. The van der Waals surface area contributed by atoms with Crippen LogP contribution in [0.5, 0.6) is 0 Å². The molecular formula is C20H37BN2O5. The number of carboxylic acids is 1. The minimum absolute atomic E-state index is 0.0710. The molecule has 7 nitrogen and oxygen atoms in total. The number of carbonyl (C=O) groups excluding carboxylic acids is 2. The van der Waals surface area contributed by atoms with Gasteiger partial charge in [0.2, 0.25) is 5.91 Å². The normalized spacial score (nSPS) is 23.5. The van der Waals surface area contributed by atoms with Crippen molar-refractivity contribution in [1.82, 2.24) is 10.6 Å². The minimum Gasteiger partial charge on any atom is -0.481 e. The molecule has 1 aliphatic carbocycles. The first-order chi connectivity index (χ1) is 13.1. The van der Waals surface area contributed by atoms with Crippen LogP contribution in [-0.2, 0) is 14.3 Å². The molecule has 0 aromatic carbocycles. The average molecular weight is 396 g/mol. The van der Waals surface area contributed by atoms with Gasteiger partial charge in [0, 0.05) is 6.54 Å². The Labute approximate surface area is 169 Å². The quantitative estimate of drug-likeness (QED) is 0.519. The van der Waals surface area contributed by atoms with E-state index >= 15 is 0 Å². The van der Waals surface area contributed by atoms with Crippen molar-refractivity contribution < 1.29 is 24.2 Å². The SMILES string of the molecule is BCC[C@@H]1CC[C@@H](CNC(=O)[C@H](CCC)NC(=O)OC(C)(C)C)[C@@H](C(=O)O)C1. The molecule has 1 fully saturated rings. The lowest BCUT2D eigenvalue weighted by atomic mass is 9.71. The Hall–Kier alpha value is -1.73. The Morgan fingerprint density at radius 1 is 1.25 bits per heavy atom. The maximum Gasteiger partial charge on any atom is 0.408 e. The highest BCUT2D eigenvalue weighted by Crippen LogP contribution is 2.36. The number of rotatable bonds is 9. The van der Waals surface area contributed by atoms with E-state index < -0.39 is 29.6 Å². The van der Waals surface area contributed by atoms with Gasteiger partial charge in [-0.05, 0) is 51.9 Å². The molecule has 8 heteroatoms. The number of ether oxygens (including phenoxy) is 1. The summed E-state index contributed by atoms with van der Waals surface area (Å²) >= 11 is 0. The average Bonchev–Trinajstić information content (AvgIpc) is 2.58. The minimum atomic E-state index is -0.781. The van der Waals surface area contributed by atoms with Gasteiger partial charge in [0.1, 0.15) is 19.5 Å². The summed E-state index contributed by atoms with van der Waals surface area (Å²) in [5.41, 5.74) is -0.636. The molecule has 1 aliphatic rings. The van der Waals surface area contributed by atoms with Crippen LogP contribution in [0.2, 0.25) is 6.32 Å². The number of nitrogens with one attached hydrogen (secondary N) is 2.